The van der Waals surface area contributed by atoms with Gasteiger partial charge in [0, 0.05) is 12.5 Å². The first-order chi connectivity index (χ1) is 9.56. The van der Waals surface area contributed by atoms with Gasteiger partial charge < -0.3 is 5.32 Å². The Morgan fingerprint density at radius 2 is 2.10 bits per heavy atom. The molecular weight excluding hydrogens is 246 g/mol. The molecule has 0 spiro atoms. The van der Waals surface area contributed by atoms with Gasteiger partial charge in [0.05, 0.1) is 0 Å². The van der Waals surface area contributed by atoms with Crippen LogP contribution in [0.25, 0.3) is 0 Å². The quantitative estimate of drug-likeness (QED) is 0.886. The zero-order valence-electron chi connectivity index (χ0n) is 13.0. The molecule has 1 amide bonds. The lowest BCUT2D eigenvalue weighted by atomic mass is 9.78. The molecular formula is C18H27NO. The fourth-order valence-corrected chi connectivity index (χ4v) is 3.19. The van der Waals surface area contributed by atoms with Crippen molar-refractivity contribution in [1.29, 1.82) is 0 Å². The Kier molecular flexibility index (Phi) is 5.22. The maximum Gasteiger partial charge on any atom is 0.220 e. The molecule has 1 saturated carbocycles. The van der Waals surface area contributed by atoms with E-state index in [-0.39, 0.29) is 5.91 Å². The summed E-state index contributed by atoms with van der Waals surface area (Å²) >= 11 is 0. The standard InChI is InChI=1S/C18H27NO/c1-13-6-4-8-16(12-13)10-11-18(20)19-17-9-5-7-14(2)15(17)3/h4,6,8,12,14-15,17H,5,7,9-11H2,1-3H3,(H,19,20). The number of rotatable bonds is 4. The summed E-state index contributed by atoms with van der Waals surface area (Å²) in [7, 11) is 0. The minimum Gasteiger partial charge on any atom is -0.353 e. The highest BCUT2D eigenvalue weighted by Gasteiger charge is 2.27. The topological polar surface area (TPSA) is 29.1 Å². The molecule has 0 radical (unpaired) electrons. The van der Waals surface area contributed by atoms with E-state index in [1.165, 1.54) is 24.0 Å². The van der Waals surface area contributed by atoms with Crippen molar-refractivity contribution in [3.05, 3.63) is 35.4 Å². The molecule has 2 nitrogen and oxygen atoms in total. The maximum absolute atomic E-state index is 12.1. The van der Waals surface area contributed by atoms with E-state index in [0.29, 0.717) is 18.4 Å². The van der Waals surface area contributed by atoms with E-state index in [4.69, 9.17) is 0 Å². The fraction of sp³-hybridized carbons (Fsp3) is 0.611. The third-order valence-corrected chi connectivity index (χ3v) is 4.78. The molecule has 0 aliphatic heterocycles. The molecule has 1 aliphatic rings. The molecule has 0 bridgehead atoms. The molecule has 1 aromatic rings. The van der Waals surface area contributed by atoms with Crippen LogP contribution >= 0.6 is 0 Å². The molecule has 0 heterocycles. The van der Waals surface area contributed by atoms with Crippen molar-refractivity contribution in [3.63, 3.8) is 0 Å². The van der Waals surface area contributed by atoms with Crippen LogP contribution in [0.15, 0.2) is 24.3 Å². The first-order valence-corrected chi connectivity index (χ1v) is 7.91. The Bertz CT molecular complexity index is 454. The van der Waals surface area contributed by atoms with Crippen LogP contribution < -0.4 is 5.32 Å². The predicted octanol–water partition coefficient (Wildman–Crippen LogP) is 3.87. The highest BCUT2D eigenvalue weighted by atomic mass is 16.1. The number of benzene rings is 1. The molecule has 2 rings (SSSR count). The van der Waals surface area contributed by atoms with Crippen LogP contribution in [0.4, 0.5) is 0 Å². The van der Waals surface area contributed by atoms with Gasteiger partial charge in [0.1, 0.15) is 0 Å². The normalized spacial score (nSPS) is 26.2. The van der Waals surface area contributed by atoms with Crippen molar-refractivity contribution in [2.75, 3.05) is 0 Å². The minimum atomic E-state index is 0.206. The predicted molar refractivity (Wildman–Crippen MR) is 83.6 cm³/mol. The van der Waals surface area contributed by atoms with Gasteiger partial charge >= 0.3 is 0 Å². The second-order valence-corrected chi connectivity index (χ2v) is 6.43. The van der Waals surface area contributed by atoms with Crippen LogP contribution in [-0.2, 0) is 11.2 Å². The molecule has 3 atom stereocenters. The first-order valence-electron chi connectivity index (χ1n) is 7.91. The molecule has 2 heteroatoms. The van der Waals surface area contributed by atoms with Crippen LogP contribution in [0.1, 0.15) is 50.7 Å². The van der Waals surface area contributed by atoms with Gasteiger partial charge in [0.15, 0.2) is 0 Å². The number of aryl methyl sites for hydroxylation is 2. The molecule has 1 N–H and O–H groups in total. The van der Waals surface area contributed by atoms with Crippen molar-refractivity contribution in [1.82, 2.24) is 5.32 Å². The molecule has 110 valence electrons. The van der Waals surface area contributed by atoms with E-state index < -0.39 is 0 Å². The lowest BCUT2D eigenvalue weighted by Crippen LogP contribution is -2.43. The Labute approximate surface area is 123 Å². The van der Waals surface area contributed by atoms with Gasteiger partial charge in [-0.25, -0.2) is 0 Å². The van der Waals surface area contributed by atoms with Crippen LogP contribution in [-0.4, -0.2) is 11.9 Å². The number of carbonyl (C=O) groups excluding carboxylic acids is 1. The highest BCUT2D eigenvalue weighted by molar-refractivity contribution is 5.76. The SMILES string of the molecule is Cc1cccc(CCC(=O)NC2CCCC(C)C2C)c1. The molecule has 1 fully saturated rings. The van der Waals surface area contributed by atoms with E-state index in [1.807, 2.05) is 0 Å². The zero-order chi connectivity index (χ0) is 14.5. The third kappa shape index (κ3) is 4.09. The average molecular weight is 273 g/mol. The highest BCUT2D eigenvalue weighted by Crippen LogP contribution is 2.29. The van der Waals surface area contributed by atoms with E-state index in [0.717, 1.165) is 18.8 Å². The van der Waals surface area contributed by atoms with Crippen molar-refractivity contribution >= 4 is 5.91 Å². The Morgan fingerprint density at radius 1 is 1.30 bits per heavy atom. The fourth-order valence-electron chi connectivity index (χ4n) is 3.19. The molecule has 0 aromatic heterocycles. The first kappa shape index (κ1) is 15.1. The van der Waals surface area contributed by atoms with Gasteiger partial charge in [-0.3, -0.25) is 4.79 Å². The maximum atomic E-state index is 12.1. The lowest BCUT2D eigenvalue weighted by molar-refractivity contribution is -0.122. The molecule has 20 heavy (non-hydrogen) atoms. The largest absolute Gasteiger partial charge is 0.353 e. The summed E-state index contributed by atoms with van der Waals surface area (Å²) in [6, 6.07) is 8.80. The lowest BCUT2D eigenvalue weighted by Gasteiger charge is -2.34. The zero-order valence-corrected chi connectivity index (χ0v) is 13.0. The minimum absolute atomic E-state index is 0.206. The monoisotopic (exact) mass is 273 g/mol. The van der Waals surface area contributed by atoms with Crippen molar-refractivity contribution in [3.8, 4) is 0 Å². The number of hydrogen-bond donors (Lipinski definition) is 1. The van der Waals surface area contributed by atoms with Crippen molar-refractivity contribution in [2.24, 2.45) is 11.8 Å². The van der Waals surface area contributed by atoms with Gasteiger partial charge in [0.2, 0.25) is 5.91 Å². The number of carbonyl (C=O) groups is 1. The molecule has 0 saturated heterocycles. The summed E-state index contributed by atoms with van der Waals surface area (Å²) in [4.78, 5) is 12.1. The summed E-state index contributed by atoms with van der Waals surface area (Å²) < 4.78 is 0. The van der Waals surface area contributed by atoms with E-state index in [1.54, 1.807) is 0 Å². The Hall–Kier alpha value is -1.31. The van der Waals surface area contributed by atoms with Crippen LogP contribution in [0.3, 0.4) is 0 Å². The van der Waals surface area contributed by atoms with Crippen molar-refractivity contribution < 1.29 is 4.79 Å². The molecule has 3 unspecified atom stereocenters. The number of nitrogens with one attached hydrogen (secondary N) is 1. The second kappa shape index (κ2) is 6.92. The molecule has 1 aliphatic carbocycles. The second-order valence-electron chi connectivity index (χ2n) is 6.43. The van der Waals surface area contributed by atoms with Crippen molar-refractivity contribution in [2.45, 2.75) is 58.9 Å². The third-order valence-electron chi connectivity index (χ3n) is 4.78. The summed E-state index contributed by atoms with van der Waals surface area (Å²) in [5, 5.41) is 3.24. The van der Waals surface area contributed by atoms with Gasteiger partial charge in [-0.1, -0.05) is 56.5 Å². The van der Waals surface area contributed by atoms with Gasteiger partial charge in [-0.15, -0.1) is 0 Å². The van der Waals surface area contributed by atoms with E-state index in [9.17, 15) is 4.79 Å². The summed E-state index contributed by atoms with van der Waals surface area (Å²) in [5.74, 6) is 1.54. The summed E-state index contributed by atoms with van der Waals surface area (Å²) in [6.07, 6.45) is 5.12. The smallest absolute Gasteiger partial charge is 0.220 e. The van der Waals surface area contributed by atoms with Crippen LogP contribution in [0, 0.1) is 18.8 Å². The summed E-state index contributed by atoms with van der Waals surface area (Å²) in [5.41, 5.74) is 2.52. The van der Waals surface area contributed by atoms with Gasteiger partial charge in [0.25, 0.3) is 0 Å². The number of hydrogen-bond acceptors (Lipinski definition) is 1. The van der Waals surface area contributed by atoms with Gasteiger partial charge in [-0.2, -0.15) is 0 Å². The Balaban J connectivity index is 1.80. The van der Waals surface area contributed by atoms with Crippen LogP contribution in [0.2, 0.25) is 0 Å². The van der Waals surface area contributed by atoms with E-state index >= 15 is 0 Å². The summed E-state index contributed by atoms with van der Waals surface area (Å²) in [6.45, 7) is 6.67. The van der Waals surface area contributed by atoms with Crippen LogP contribution in [0.5, 0.6) is 0 Å². The average Bonchev–Trinajstić information content (AvgIpc) is 2.42. The number of amides is 1. The van der Waals surface area contributed by atoms with E-state index in [2.05, 4.69) is 50.4 Å². The van der Waals surface area contributed by atoms with Gasteiger partial charge in [-0.05, 0) is 37.2 Å². The Morgan fingerprint density at radius 3 is 2.85 bits per heavy atom. The molecule has 1 aromatic carbocycles.